The van der Waals surface area contributed by atoms with Gasteiger partial charge in [0.2, 0.25) is 0 Å². The Morgan fingerprint density at radius 1 is 1.40 bits per heavy atom. The van der Waals surface area contributed by atoms with Crippen molar-refractivity contribution in [1.82, 2.24) is 4.90 Å². The molecular weight excluding hydrogens is 254 g/mol. The van der Waals surface area contributed by atoms with Crippen LogP contribution in [0.4, 0.5) is 11.4 Å². The van der Waals surface area contributed by atoms with Gasteiger partial charge in [-0.15, -0.1) is 0 Å². The summed E-state index contributed by atoms with van der Waals surface area (Å²) in [5.41, 5.74) is 1.84. The maximum Gasteiger partial charge on any atom is 0.292 e. The smallest absolute Gasteiger partial charge is 0.292 e. The number of anilines is 1. The predicted octanol–water partition coefficient (Wildman–Crippen LogP) is 3.65. The zero-order chi connectivity index (χ0) is 15.1. The van der Waals surface area contributed by atoms with Crippen LogP contribution in [0.15, 0.2) is 18.2 Å². The standard InChI is InChI=1S/C15H25N3O2/c1-5-7-12(3)17(4)11-13-8-9-15(18(19)20)14(10-13)16-6-2/h8-10,12,16H,5-7,11H2,1-4H3. The molecule has 1 aromatic rings. The van der Waals surface area contributed by atoms with E-state index in [9.17, 15) is 10.1 Å². The zero-order valence-corrected chi connectivity index (χ0v) is 12.8. The molecule has 5 nitrogen and oxygen atoms in total. The number of hydrogen-bond acceptors (Lipinski definition) is 4. The maximum absolute atomic E-state index is 11.0. The van der Waals surface area contributed by atoms with E-state index in [2.05, 4.69) is 31.1 Å². The molecule has 0 aliphatic carbocycles. The second-order valence-electron chi connectivity index (χ2n) is 5.19. The van der Waals surface area contributed by atoms with Gasteiger partial charge in [0, 0.05) is 25.2 Å². The topological polar surface area (TPSA) is 58.4 Å². The lowest BCUT2D eigenvalue weighted by Gasteiger charge is -2.24. The van der Waals surface area contributed by atoms with Crippen LogP contribution in [0.2, 0.25) is 0 Å². The van der Waals surface area contributed by atoms with Gasteiger partial charge in [-0.2, -0.15) is 0 Å². The molecule has 0 spiro atoms. The molecule has 0 radical (unpaired) electrons. The number of nitrogens with one attached hydrogen (secondary N) is 1. The van der Waals surface area contributed by atoms with E-state index in [1.54, 1.807) is 6.07 Å². The third kappa shape index (κ3) is 4.49. The van der Waals surface area contributed by atoms with Gasteiger partial charge < -0.3 is 5.32 Å². The van der Waals surface area contributed by atoms with E-state index in [0.717, 1.165) is 24.9 Å². The third-order valence-electron chi connectivity index (χ3n) is 3.52. The molecule has 1 atom stereocenters. The molecule has 0 fully saturated rings. The number of nitro benzene ring substituents is 1. The first-order valence-electron chi connectivity index (χ1n) is 7.21. The average molecular weight is 279 g/mol. The van der Waals surface area contributed by atoms with E-state index in [1.165, 1.54) is 0 Å². The molecule has 0 aliphatic heterocycles. The SMILES string of the molecule is CCCC(C)N(C)Cc1ccc([N+](=O)[O-])c(NCC)c1. The van der Waals surface area contributed by atoms with Crippen LogP contribution in [-0.4, -0.2) is 29.5 Å². The molecule has 0 aromatic heterocycles. The van der Waals surface area contributed by atoms with Gasteiger partial charge in [0.1, 0.15) is 5.69 Å². The molecule has 0 bridgehead atoms. The van der Waals surface area contributed by atoms with E-state index >= 15 is 0 Å². The number of nitrogens with zero attached hydrogens (tertiary/aromatic N) is 2. The summed E-state index contributed by atoms with van der Waals surface area (Å²) in [7, 11) is 2.09. The first-order valence-corrected chi connectivity index (χ1v) is 7.21. The lowest BCUT2D eigenvalue weighted by molar-refractivity contribution is -0.384. The Morgan fingerprint density at radius 3 is 2.65 bits per heavy atom. The number of benzene rings is 1. The molecule has 5 heteroatoms. The van der Waals surface area contributed by atoms with E-state index in [1.807, 2.05) is 19.1 Å². The molecule has 112 valence electrons. The second kappa shape index (κ2) is 7.85. The monoisotopic (exact) mass is 279 g/mol. The van der Waals surface area contributed by atoms with Crippen molar-refractivity contribution < 1.29 is 4.92 Å². The first-order chi connectivity index (χ1) is 9.49. The summed E-state index contributed by atoms with van der Waals surface area (Å²) in [6.45, 7) is 7.80. The highest BCUT2D eigenvalue weighted by Crippen LogP contribution is 2.26. The van der Waals surface area contributed by atoms with Crippen LogP contribution >= 0.6 is 0 Å². The van der Waals surface area contributed by atoms with Gasteiger partial charge in [0.05, 0.1) is 4.92 Å². The molecule has 1 aromatic carbocycles. The summed E-state index contributed by atoms with van der Waals surface area (Å²) >= 11 is 0. The van der Waals surface area contributed by atoms with Gasteiger partial charge in [-0.05, 0) is 38.9 Å². The van der Waals surface area contributed by atoms with Crippen molar-refractivity contribution in [3.8, 4) is 0 Å². The van der Waals surface area contributed by atoms with Crippen LogP contribution in [0, 0.1) is 10.1 Å². The van der Waals surface area contributed by atoms with E-state index in [-0.39, 0.29) is 10.6 Å². The third-order valence-corrected chi connectivity index (χ3v) is 3.52. The van der Waals surface area contributed by atoms with Gasteiger partial charge in [-0.25, -0.2) is 0 Å². The molecule has 20 heavy (non-hydrogen) atoms. The fourth-order valence-corrected chi connectivity index (χ4v) is 2.25. The fraction of sp³-hybridized carbons (Fsp3) is 0.600. The second-order valence-corrected chi connectivity index (χ2v) is 5.19. The quantitative estimate of drug-likeness (QED) is 0.583. The highest BCUT2D eigenvalue weighted by Gasteiger charge is 2.15. The predicted molar refractivity (Wildman–Crippen MR) is 83.1 cm³/mol. The minimum absolute atomic E-state index is 0.139. The van der Waals surface area contributed by atoms with E-state index in [0.29, 0.717) is 18.3 Å². The Balaban J connectivity index is 2.86. The highest BCUT2D eigenvalue weighted by molar-refractivity contribution is 5.62. The van der Waals surface area contributed by atoms with Crippen molar-refractivity contribution in [2.45, 2.75) is 46.2 Å². The molecular formula is C15H25N3O2. The van der Waals surface area contributed by atoms with Crippen LogP contribution in [-0.2, 0) is 6.54 Å². The lowest BCUT2D eigenvalue weighted by Crippen LogP contribution is -2.28. The molecule has 0 saturated carbocycles. The van der Waals surface area contributed by atoms with Crippen molar-refractivity contribution in [3.05, 3.63) is 33.9 Å². The van der Waals surface area contributed by atoms with E-state index < -0.39 is 0 Å². The summed E-state index contributed by atoms with van der Waals surface area (Å²) in [6, 6.07) is 5.83. The van der Waals surface area contributed by atoms with Crippen molar-refractivity contribution in [3.63, 3.8) is 0 Å². The highest BCUT2D eigenvalue weighted by atomic mass is 16.6. The molecule has 0 heterocycles. The molecule has 0 amide bonds. The minimum Gasteiger partial charge on any atom is -0.380 e. The van der Waals surface area contributed by atoms with Crippen molar-refractivity contribution in [1.29, 1.82) is 0 Å². The van der Waals surface area contributed by atoms with Crippen LogP contribution in [0.1, 0.15) is 39.2 Å². The van der Waals surface area contributed by atoms with Gasteiger partial charge in [-0.1, -0.05) is 19.4 Å². The van der Waals surface area contributed by atoms with E-state index in [4.69, 9.17) is 0 Å². The van der Waals surface area contributed by atoms with Crippen LogP contribution in [0.25, 0.3) is 0 Å². The van der Waals surface area contributed by atoms with Crippen molar-refractivity contribution in [2.24, 2.45) is 0 Å². The lowest BCUT2D eigenvalue weighted by atomic mass is 10.1. The first kappa shape index (κ1) is 16.4. The number of rotatable bonds is 8. The van der Waals surface area contributed by atoms with Crippen LogP contribution in [0.5, 0.6) is 0 Å². The number of nitro groups is 1. The zero-order valence-electron chi connectivity index (χ0n) is 12.8. The van der Waals surface area contributed by atoms with Gasteiger partial charge >= 0.3 is 0 Å². The molecule has 1 unspecified atom stereocenters. The average Bonchev–Trinajstić information content (AvgIpc) is 2.39. The minimum atomic E-state index is -0.342. The van der Waals surface area contributed by atoms with Gasteiger partial charge in [-0.3, -0.25) is 15.0 Å². The van der Waals surface area contributed by atoms with Crippen molar-refractivity contribution >= 4 is 11.4 Å². The Bertz CT molecular complexity index is 449. The summed E-state index contributed by atoms with van der Waals surface area (Å²) in [5.74, 6) is 0. The van der Waals surface area contributed by atoms with Crippen LogP contribution < -0.4 is 5.32 Å². The summed E-state index contributed by atoms with van der Waals surface area (Å²) in [6.07, 6.45) is 2.32. The Labute approximate surface area is 121 Å². The Morgan fingerprint density at radius 2 is 2.10 bits per heavy atom. The largest absolute Gasteiger partial charge is 0.380 e. The molecule has 0 saturated heterocycles. The maximum atomic E-state index is 11.0. The van der Waals surface area contributed by atoms with Crippen LogP contribution in [0.3, 0.4) is 0 Å². The molecule has 1 N–H and O–H groups in total. The Hall–Kier alpha value is -1.62. The Kier molecular flexibility index (Phi) is 6.45. The molecule has 1 rings (SSSR count). The summed E-state index contributed by atoms with van der Waals surface area (Å²) < 4.78 is 0. The summed E-state index contributed by atoms with van der Waals surface area (Å²) in [4.78, 5) is 12.9. The normalized spacial score (nSPS) is 12.4. The number of hydrogen-bond donors (Lipinski definition) is 1. The van der Waals surface area contributed by atoms with Crippen molar-refractivity contribution in [2.75, 3.05) is 18.9 Å². The molecule has 0 aliphatic rings. The van der Waals surface area contributed by atoms with Gasteiger partial charge in [0.25, 0.3) is 5.69 Å². The fourth-order valence-electron chi connectivity index (χ4n) is 2.25. The summed E-state index contributed by atoms with van der Waals surface area (Å²) in [5, 5.41) is 14.0. The van der Waals surface area contributed by atoms with Gasteiger partial charge in [0.15, 0.2) is 0 Å².